The maximum atomic E-state index is 12.9. The number of nitrogens with zero attached hydrogens (tertiary/aromatic N) is 3. The number of rotatable bonds is 6. The van der Waals surface area contributed by atoms with Gasteiger partial charge in [0.15, 0.2) is 0 Å². The zero-order valence-electron chi connectivity index (χ0n) is 16.2. The summed E-state index contributed by atoms with van der Waals surface area (Å²) in [6.07, 6.45) is 14.8. The molecule has 3 heterocycles. The van der Waals surface area contributed by atoms with Crippen molar-refractivity contribution in [3.8, 4) is 0 Å². The van der Waals surface area contributed by atoms with Crippen molar-refractivity contribution < 1.29 is 18.0 Å². The maximum Gasteiger partial charge on any atom is 0.241 e. The normalized spacial score (nSPS) is 26.4. The third kappa shape index (κ3) is 4.43. The smallest absolute Gasteiger partial charge is 0.241 e. The molecule has 0 aliphatic carbocycles. The predicted molar refractivity (Wildman–Crippen MR) is 110 cm³/mol. The van der Waals surface area contributed by atoms with Crippen molar-refractivity contribution in [1.82, 2.24) is 14.1 Å². The molecule has 0 aromatic carbocycles. The second-order valence-electron chi connectivity index (χ2n) is 7.28. The van der Waals surface area contributed by atoms with Crippen LogP contribution in [0.1, 0.15) is 32.6 Å². The molecule has 28 heavy (non-hydrogen) atoms. The van der Waals surface area contributed by atoms with E-state index in [0.717, 1.165) is 17.0 Å². The molecule has 2 amide bonds. The molecule has 0 radical (unpaired) electrons. The molecule has 3 atom stereocenters. The number of carbonyl (C=O) groups excluding carboxylic acids is 2. The van der Waals surface area contributed by atoms with Gasteiger partial charge in [-0.05, 0) is 25.0 Å². The average Bonchev–Trinajstić information content (AvgIpc) is 2.99. The van der Waals surface area contributed by atoms with Crippen LogP contribution in [0, 0.1) is 5.92 Å². The van der Waals surface area contributed by atoms with Crippen molar-refractivity contribution >= 4 is 34.2 Å². The van der Waals surface area contributed by atoms with Gasteiger partial charge in [-0.3, -0.25) is 9.59 Å². The van der Waals surface area contributed by atoms with Crippen LogP contribution in [0.4, 0.5) is 0 Å². The van der Waals surface area contributed by atoms with Crippen molar-refractivity contribution in [2.24, 2.45) is 5.92 Å². The van der Waals surface area contributed by atoms with E-state index in [0.29, 0.717) is 32.4 Å². The van der Waals surface area contributed by atoms with Crippen molar-refractivity contribution in [1.29, 1.82) is 0 Å². The molecule has 2 saturated heterocycles. The molecule has 0 bridgehead atoms. The lowest BCUT2D eigenvalue weighted by atomic mass is 9.94. The van der Waals surface area contributed by atoms with E-state index < -0.39 is 22.0 Å². The van der Waals surface area contributed by atoms with E-state index in [4.69, 9.17) is 0 Å². The molecule has 2 fully saturated rings. The number of sulfonamides is 1. The zero-order chi connectivity index (χ0) is 19.6. The van der Waals surface area contributed by atoms with Crippen molar-refractivity contribution in [2.45, 2.75) is 44.7 Å². The summed E-state index contributed by atoms with van der Waals surface area (Å²) in [4.78, 5) is 29.3. The monoisotopic (exact) mass is 429 g/mol. The third-order valence-corrected chi connectivity index (χ3v) is 6.58. The number of hydrogen-bond donors (Lipinski definition) is 0. The Balaban J connectivity index is 0.00000280. The fourth-order valence-electron chi connectivity index (χ4n) is 4.33. The molecule has 156 valence electrons. The standard InChI is InChI=1S/C19H27N3O4S.ClH/c1-3-8-15-18-16(22(19(15)24)27(2,25)26)9-14-21(18)17(23)10-13-20-11-6-4-5-7-12-20;/h4-7,11-12,15-16,18H,3,8-10,13-14H2,1-2H3;1H/t15-,16+,18-;/m1./s1. The summed E-state index contributed by atoms with van der Waals surface area (Å²) in [5.74, 6) is -0.801. The average molecular weight is 430 g/mol. The molecule has 0 aromatic rings. The number of fused-ring (bicyclic) bond motifs is 1. The largest absolute Gasteiger partial charge is 0.354 e. The SMILES string of the molecule is CCC[C@H]1C(=O)N(S(C)(=O)=O)[C@H]2CCN(C(=O)CCN3C=CC=CC=C3)[C@H]12.Cl. The van der Waals surface area contributed by atoms with Gasteiger partial charge in [-0.25, -0.2) is 12.7 Å². The van der Waals surface area contributed by atoms with Gasteiger partial charge in [-0.2, -0.15) is 0 Å². The van der Waals surface area contributed by atoms with Crippen molar-refractivity contribution in [2.75, 3.05) is 19.3 Å². The molecular weight excluding hydrogens is 402 g/mol. The van der Waals surface area contributed by atoms with E-state index in [-0.39, 0.29) is 30.3 Å². The van der Waals surface area contributed by atoms with Gasteiger partial charge in [0.25, 0.3) is 0 Å². The molecular formula is C19H28ClN3O4S. The fraction of sp³-hybridized carbons (Fsp3) is 0.579. The van der Waals surface area contributed by atoms with Gasteiger partial charge in [0.1, 0.15) is 0 Å². The number of allylic oxidation sites excluding steroid dienone is 4. The molecule has 0 saturated carbocycles. The van der Waals surface area contributed by atoms with E-state index in [1.165, 1.54) is 0 Å². The van der Waals surface area contributed by atoms with E-state index in [2.05, 4.69) is 0 Å². The van der Waals surface area contributed by atoms with Crippen LogP contribution in [-0.4, -0.2) is 65.8 Å². The number of likely N-dealkylation sites (tertiary alicyclic amines) is 1. The number of halogens is 1. The van der Waals surface area contributed by atoms with Crippen LogP contribution in [0.5, 0.6) is 0 Å². The number of hydrogen-bond acceptors (Lipinski definition) is 5. The number of amides is 2. The minimum absolute atomic E-state index is 0. The van der Waals surface area contributed by atoms with Crippen molar-refractivity contribution in [3.63, 3.8) is 0 Å². The highest BCUT2D eigenvalue weighted by molar-refractivity contribution is 7.88. The second-order valence-corrected chi connectivity index (χ2v) is 9.14. The first-order valence-electron chi connectivity index (χ1n) is 9.44. The highest BCUT2D eigenvalue weighted by Crippen LogP contribution is 2.40. The van der Waals surface area contributed by atoms with Gasteiger partial charge in [0, 0.05) is 31.9 Å². The predicted octanol–water partition coefficient (Wildman–Crippen LogP) is 1.89. The van der Waals surface area contributed by atoms with Gasteiger partial charge in [0.05, 0.1) is 24.3 Å². The lowest BCUT2D eigenvalue weighted by molar-refractivity contribution is -0.134. The molecule has 3 aliphatic heterocycles. The quantitative estimate of drug-likeness (QED) is 0.644. The Morgan fingerprint density at radius 3 is 2.39 bits per heavy atom. The van der Waals surface area contributed by atoms with E-state index in [1.54, 1.807) is 4.90 Å². The topological polar surface area (TPSA) is 78.0 Å². The van der Waals surface area contributed by atoms with Crippen LogP contribution in [0.2, 0.25) is 0 Å². The van der Waals surface area contributed by atoms with Crippen LogP contribution in [-0.2, 0) is 19.6 Å². The van der Waals surface area contributed by atoms with Crippen LogP contribution in [0.25, 0.3) is 0 Å². The summed E-state index contributed by atoms with van der Waals surface area (Å²) in [5, 5.41) is 0. The second kappa shape index (κ2) is 9.13. The van der Waals surface area contributed by atoms with E-state index >= 15 is 0 Å². The van der Waals surface area contributed by atoms with Crippen molar-refractivity contribution in [3.05, 3.63) is 36.7 Å². The Morgan fingerprint density at radius 1 is 1.18 bits per heavy atom. The first kappa shape index (κ1) is 22.5. The van der Waals surface area contributed by atoms with Crippen LogP contribution in [0.15, 0.2) is 36.7 Å². The summed E-state index contributed by atoms with van der Waals surface area (Å²) >= 11 is 0. The molecule has 3 aliphatic rings. The molecule has 0 N–H and O–H groups in total. The minimum atomic E-state index is -3.63. The Bertz CT molecular complexity index is 777. The summed E-state index contributed by atoms with van der Waals surface area (Å²) in [6, 6.07) is -0.758. The van der Waals surface area contributed by atoms with Gasteiger partial charge in [0.2, 0.25) is 21.8 Å². The maximum absolute atomic E-state index is 12.9. The van der Waals surface area contributed by atoms with Crippen LogP contribution in [0.3, 0.4) is 0 Å². The molecule has 0 unspecified atom stereocenters. The highest BCUT2D eigenvalue weighted by atomic mass is 35.5. The molecule has 3 rings (SSSR count). The summed E-state index contributed by atoms with van der Waals surface area (Å²) in [5.41, 5.74) is 0. The Kier molecular flexibility index (Phi) is 7.33. The molecule has 9 heteroatoms. The molecule has 0 aromatic heterocycles. The van der Waals surface area contributed by atoms with E-state index in [1.807, 2.05) is 48.5 Å². The Labute approximate surface area is 173 Å². The van der Waals surface area contributed by atoms with Gasteiger partial charge < -0.3 is 9.80 Å². The lowest BCUT2D eigenvalue weighted by Gasteiger charge is -2.28. The van der Waals surface area contributed by atoms with Crippen LogP contribution >= 0.6 is 12.4 Å². The van der Waals surface area contributed by atoms with Gasteiger partial charge >= 0.3 is 0 Å². The summed E-state index contributed by atoms with van der Waals surface area (Å²) < 4.78 is 25.3. The van der Waals surface area contributed by atoms with Crippen LogP contribution < -0.4 is 0 Å². The van der Waals surface area contributed by atoms with E-state index in [9.17, 15) is 18.0 Å². The zero-order valence-corrected chi connectivity index (χ0v) is 17.9. The third-order valence-electron chi connectivity index (χ3n) is 5.42. The molecule has 0 spiro atoms. The lowest BCUT2D eigenvalue weighted by Crippen LogP contribution is -2.43. The summed E-state index contributed by atoms with van der Waals surface area (Å²) in [7, 11) is -3.63. The summed E-state index contributed by atoms with van der Waals surface area (Å²) in [6.45, 7) is 3.02. The highest BCUT2D eigenvalue weighted by Gasteiger charge is 2.56. The first-order valence-corrected chi connectivity index (χ1v) is 11.3. The Hall–Kier alpha value is -1.80. The Morgan fingerprint density at radius 2 is 1.82 bits per heavy atom. The first-order chi connectivity index (χ1) is 12.8. The van der Waals surface area contributed by atoms with Gasteiger partial charge in [-0.1, -0.05) is 25.5 Å². The molecule has 7 nitrogen and oxygen atoms in total. The fourth-order valence-corrected chi connectivity index (χ4v) is 5.52. The minimum Gasteiger partial charge on any atom is -0.354 e. The van der Waals surface area contributed by atoms with Gasteiger partial charge in [-0.15, -0.1) is 12.4 Å². The number of carbonyl (C=O) groups is 2.